The van der Waals surface area contributed by atoms with Crippen molar-refractivity contribution in [2.75, 3.05) is 6.54 Å². The molecule has 2 fully saturated rings. The van der Waals surface area contributed by atoms with Crippen molar-refractivity contribution in [3.8, 4) is 0 Å². The lowest BCUT2D eigenvalue weighted by Gasteiger charge is -2.46. The summed E-state index contributed by atoms with van der Waals surface area (Å²) in [7, 11) is -9.62. The van der Waals surface area contributed by atoms with Crippen molar-refractivity contribution in [3.05, 3.63) is 0 Å². The molecule has 0 amide bonds. The number of nitrogens with zero attached hydrogens (tertiary/aromatic N) is 1. The first-order chi connectivity index (χ1) is 12.3. The molecule has 1 aliphatic heterocycles. The van der Waals surface area contributed by atoms with Crippen molar-refractivity contribution < 1.29 is 30.2 Å². The van der Waals surface area contributed by atoms with Crippen molar-refractivity contribution >= 4 is 20.1 Å². The van der Waals surface area contributed by atoms with Crippen molar-refractivity contribution in [2.45, 2.75) is 94.1 Å². The highest BCUT2D eigenvalue weighted by atomic mass is 32.2. The Morgan fingerprint density at radius 2 is 1.63 bits per heavy atom. The predicted molar refractivity (Wildman–Crippen MR) is 99.9 cm³/mol. The van der Waals surface area contributed by atoms with E-state index in [1.54, 1.807) is 0 Å². The second-order valence-corrected chi connectivity index (χ2v) is 11.9. The largest absolute Gasteiger partial charge is 0.287 e. The lowest BCUT2D eigenvalue weighted by molar-refractivity contribution is -0.0475. The highest BCUT2D eigenvalue weighted by molar-refractivity contribution is 7.90. The fourth-order valence-corrected chi connectivity index (χ4v) is 7.99. The molecule has 0 bridgehead atoms. The number of fused-ring (bicyclic) bond motifs is 1. The third kappa shape index (κ3) is 3.79. The van der Waals surface area contributed by atoms with Gasteiger partial charge in [0.25, 0.3) is 16.0 Å². The summed E-state index contributed by atoms with van der Waals surface area (Å²) in [6.45, 7) is 3.43. The Labute approximate surface area is 161 Å². The topological polar surface area (TPSA) is 91.7 Å². The molecule has 0 aromatic rings. The van der Waals surface area contributed by atoms with Crippen molar-refractivity contribution in [2.24, 2.45) is 5.92 Å². The minimum absolute atomic E-state index is 0.174. The average Bonchev–Trinajstić information content (AvgIpc) is 2.59. The van der Waals surface area contributed by atoms with Crippen LogP contribution in [0.4, 0.5) is 8.78 Å². The van der Waals surface area contributed by atoms with Gasteiger partial charge >= 0.3 is 0 Å². The summed E-state index contributed by atoms with van der Waals surface area (Å²) in [4.78, 5) is 0. The van der Waals surface area contributed by atoms with E-state index in [-0.39, 0.29) is 18.5 Å². The molecule has 0 aromatic carbocycles. The van der Waals surface area contributed by atoms with Crippen LogP contribution in [-0.2, 0) is 20.1 Å². The maximum atomic E-state index is 15.4. The van der Waals surface area contributed by atoms with Gasteiger partial charge in [-0.05, 0) is 51.4 Å². The summed E-state index contributed by atoms with van der Waals surface area (Å²) >= 11 is 0. The zero-order valence-corrected chi connectivity index (χ0v) is 17.8. The highest BCUT2D eigenvalue weighted by Gasteiger charge is 2.65. The number of hydrogen-bond acceptors (Lipinski definition) is 4. The molecule has 0 spiro atoms. The van der Waals surface area contributed by atoms with Crippen LogP contribution in [0.3, 0.4) is 0 Å². The van der Waals surface area contributed by atoms with E-state index in [1.807, 2.05) is 0 Å². The van der Waals surface area contributed by atoms with Gasteiger partial charge in [0.1, 0.15) is 5.25 Å². The van der Waals surface area contributed by atoms with Crippen LogP contribution in [0.1, 0.15) is 72.1 Å². The SMILES string of the molecule is CCC(C(F)(F)C(C)(CC)S(=O)(=O)O)S(=O)(=O)N1CCCC2CCCCC21. The fraction of sp³-hybridized carbons (Fsp3) is 1.00. The third-order valence-corrected chi connectivity index (χ3v) is 10.8. The molecule has 4 atom stereocenters. The molecule has 6 nitrogen and oxygen atoms in total. The smallest absolute Gasteiger partial charge is 0.285 e. The van der Waals surface area contributed by atoms with Gasteiger partial charge in [-0.1, -0.05) is 26.7 Å². The Morgan fingerprint density at radius 1 is 1.07 bits per heavy atom. The van der Waals surface area contributed by atoms with Gasteiger partial charge in [0.05, 0.1) is 0 Å². The van der Waals surface area contributed by atoms with Crippen molar-refractivity contribution in [1.29, 1.82) is 0 Å². The van der Waals surface area contributed by atoms with Crippen LogP contribution < -0.4 is 0 Å². The molecule has 0 aromatic heterocycles. The molecule has 0 radical (unpaired) electrons. The van der Waals surface area contributed by atoms with Gasteiger partial charge in [-0.15, -0.1) is 0 Å². The Balaban J connectivity index is 2.48. The summed E-state index contributed by atoms with van der Waals surface area (Å²) in [6, 6.07) is -0.291. The monoisotopic (exact) mass is 431 g/mol. The molecule has 1 saturated heterocycles. The Kier molecular flexibility index (Phi) is 6.66. The summed E-state index contributed by atoms with van der Waals surface area (Å²) < 4.78 is 88.6. The quantitative estimate of drug-likeness (QED) is 0.624. The summed E-state index contributed by atoms with van der Waals surface area (Å²) in [5.74, 6) is -3.96. The Hall–Kier alpha value is -0.320. The van der Waals surface area contributed by atoms with Crippen LogP contribution in [-0.4, -0.2) is 54.2 Å². The molecule has 160 valence electrons. The van der Waals surface area contributed by atoms with Crippen LogP contribution in [0.5, 0.6) is 0 Å². The second kappa shape index (κ2) is 7.84. The summed E-state index contributed by atoms with van der Waals surface area (Å²) in [5.41, 5.74) is 0. The molecule has 2 aliphatic rings. The van der Waals surface area contributed by atoms with Crippen LogP contribution in [0.2, 0.25) is 0 Å². The fourth-order valence-electron chi connectivity index (χ4n) is 4.64. The molecule has 1 saturated carbocycles. The first-order valence-electron chi connectivity index (χ1n) is 9.70. The zero-order valence-electron chi connectivity index (χ0n) is 16.2. The number of alkyl halides is 2. The van der Waals surface area contributed by atoms with Gasteiger partial charge in [0.2, 0.25) is 10.0 Å². The molecule has 1 aliphatic carbocycles. The average molecular weight is 432 g/mol. The highest BCUT2D eigenvalue weighted by Crippen LogP contribution is 2.46. The van der Waals surface area contributed by atoms with Crippen LogP contribution in [0, 0.1) is 5.92 Å². The third-order valence-electron chi connectivity index (χ3n) is 6.60. The predicted octanol–water partition coefficient (Wildman–Crippen LogP) is 3.44. The van der Waals surface area contributed by atoms with Crippen LogP contribution >= 0.6 is 0 Å². The van der Waals surface area contributed by atoms with E-state index in [0.29, 0.717) is 12.8 Å². The number of hydrogen-bond donors (Lipinski definition) is 1. The minimum atomic E-state index is -5.17. The lowest BCUT2D eigenvalue weighted by atomic mass is 9.79. The standard InChI is InChI=1S/C17H31F2NO5S2/c1-4-15(17(18,19)16(3,5-2)27(23,24)25)26(21,22)20-12-8-10-13-9-6-7-11-14(13)20/h13-15H,4-12H2,1-3H3,(H,23,24,25). The minimum Gasteiger partial charge on any atom is -0.285 e. The molecule has 1 N–H and O–H groups in total. The zero-order chi connectivity index (χ0) is 20.7. The number of halogens is 2. The Bertz CT molecular complexity index is 738. The van der Waals surface area contributed by atoms with Gasteiger partial charge in [-0.3, -0.25) is 4.55 Å². The number of rotatable bonds is 7. The first-order valence-corrected chi connectivity index (χ1v) is 12.6. The number of piperidine rings is 1. The van der Waals surface area contributed by atoms with E-state index in [0.717, 1.165) is 32.6 Å². The summed E-state index contributed by atoms with van der Waals surface area (Å²) in [5, 5.41) is -2.20. The molecule has 2 rings (SSSR count). The molecule has 4 unspecified atom stereocenters. The molecular formula is C17H31F2NO5S2. The first kappa shape index (κ1) is 23.0. The van der Waals surface area contributed by atoms with Gasteiger partial charge < -0.3 is 0 Å². The molecule has 27 heavy (non-hydrogen) atoms. The maximum absolute atomic E-state index is 15.4. The van der Waals surface area contributed by atoms with Crippen molar-refractivity contribution in [1.82, 2.24) is 4.31 Å². The van der Waals surface area contributed by atoms with E-state index in [9.17, 15) is 21.4 Å². The van der Waals surface area contributed by atoms with E-state index >= 15 is 8.78 Å². The number of sulfonamides is 1. The van der Waals surface area contributed by atoms with E-state index in [1.165, 1.54) is 18.2 Å². The maximum Gasteiger partial charge on any atom is 0.287 e. The van der Waals surface area contributed by atoms with Gasteiger partial charge in [-0.2, -0.15) is 12.7 Å². The van der Waals surface area contributed by atoms with Gasteiger partial charge in [0.15, 0.2) is 4.75 Å². The van der Waals surface area contributed by atoms with E-state index < -0.39 is 48.9 Å². The van der Waals surface area contributed by atoms with Crippen LogP contribution in [0.25, 0.3) is 0 Å². The normalized spacial score (nSPS) is 29.0. The lowest BCUT2D eigenvalue weighted by Crippen LogP contribution is -2.63. The second-order valence-electron chi connectivity index (χ2n) is 7.99. The van der Waals surface area contributed by atoms with Gasteiger partial charge in [-0.25, -0.2) is 17.2 Å². The van der Waals surface area contributed by atoms with E-state index in [2.05, 4.69) is 0 Å². The molecule has 1 heterocycles. The van der Waals surface area contributed by atoms with E-state index in [4.69, 9.17) is 0 Å². The molecule has 10 heteroatoms. The summed E-state index contributed by atoms with van der Waals surface area (Å²) in [6.07, 6.45) is 3.88. The van der Waals surface area contributed by atoms with Crippen molar-refractivity contribution in [3.63, 3.8) is 0 Å². The van der Waals surface area contributed by atoms with Crippen LogP contribution in [0.15, 0.2) is 0 Å². The Morgan fingerprint density at radius 3 is 2.15 bits per heavy atom. The van der Waals surface area contributed by atoms with Gasteiger partial charge in [0, 0.05) is 12.6 Å². The molecular weight excluding hydrogens is 400 g/mol.